The monoisotopic (exact) mass is 181 g/mol. The van der Waals surface area contributed by atoms with Gasteiger partial charge in [-0.15, -0.1) is 0 Å². The van der Waals surface area contributed by atoms with Gasteiger partial charge in [-0.3, -0.25) is 4.68 Å². The van der Waals surface area contributed by atoms with Gasteiger partial charge in [0.05, 0.1) is 5.69 Å². The minimum absolute atomic E-state index is 0.742. The highest BCUT2D eigenvalue weighted by Crippen LogP contribution is 2.05. The van der Waals surface area contributed by atoms with E-state index in [0.717, 1.165) is 19.0 Å². The van der Waals surface area contributed by atoms with Crippen molar-refractivity contribution in [2.45, 2.75) is 33.4 Å². The van der Waals surface area contributed by atoms with Crippen molar-refractivity contribution in [3.8, 4) is 0 Å². The molecule has 0 saturated heterocycles. The molecule has 3 nitrogen and oxygen atoms in total. The summed E-state index contributed by atoms with van der Waals surface area (Å²) >= 11 is 0. The molecule has 1 aromatic heterocycles. The van der Waals surface area contributed by atoms with Gasteiger partial charge in [-0.2, -0.15) is 5.10 Å². The highest BCUT2D eigenvalue weighted by Gasteiger charge is 2.01. The van der Waals surface area contributed by atoms with E-state index in [9.17, 15) is 0 Å². The number of rotatable bonds is 5. The topological polar surface area (TPSA) is 29.9 Å². The van der Waals surface area contributed by atoms with E-state index in [0.29, 0.717) is 0 Å². The Kier molecular flexibility index (Phi) is 3.96. The number of nitrogens with one attached hydrogen (secondary N) is 1. The van der Waals surface area contributed by atoms with Crippen molar-refractivity contribution >= 4 is 0 Å². The van der Waals surface area contributed by atoms with Gasteiger partial charge in [0.25, 0.3) is 0 Å². The molecule has 74 valence electrons. The molecule has 3 heteroatoms. The van der Waals surface area contributed by atoms with Crippen LogP contribution in [0.1, 0.15) is 26.0 Å². The van der Waals surface area contributed by atoms with Crippen molar-refractivity contribution < 1.29 is 0 Å². The van der Waals surface area contributed by atoms with Gasteiger partial charge >= 0.3 is 0 Å². The second-order valence-electron chi connectivity index (χ2n) is 3.76. The molecule has 0 amide bonds. The van der Waals surface area contributed by atoms with Crippen LogP contribution in [0.4, 0.5) is 0 Å². The summed E-state index contributed by atoms with van der Waals surface area (Å²) in [4.78, 5) is 0. The first-order valence-corrected chi connectivity index (χ1v) is 4.89. The third-order valence-electron chi connectivity index (χ3n) is 2.08. The van der Waals surface area contributed by atoms with Gasteiger partial charge in [0.15, 0.2) is 0 Å². The Labute approximate surface area is 80.1 Å². The molecule has 0 bridgehead atoms. The van der Waals surface area contributed by atoms with E-state index in [2.05, 4.69) is 35.0 Å². The number of hydrogen-bond donors (Lipinski definition) is 1. The first-order chi connectivity index (χ1) is 6.24. The Morgan fingerprint density at radius 1 is 1.54 bits per heavy atom. The average Bonchev–Trinajstić information content (AvgIpc) is 2.49. The Balaban J connectivity index is 2.49. The SMILES string of the molecule is CNCc1ccnn1CCC(C)C. The van der Waals surface area contributed by atoms with Gasteiger partial charge in [-0.05, 0) is 25.5 Å². The third-order valence-corrected chi connectivity index (χ3v) is 2.08. The summed E-state index contributed by atoms with van der Waals surface area (Å²) < 4.78 is 2.08. The molecule has 0 spiro atoms. The number of aryl methyl sites for hydroxylation is 1. The van der Waals surface area contributed by atoms with Crippen LogP contribution in [0.15, 0.2) is 12.3 Å². The Bertz CT molecular complexity index is 240. The lowest BCUT2D eigenvalue weighted by atomic mass is 10.1. The highest BCUT2D eigenvalue weighted by molar-refractivity contribution is 4.99. The van der Waals surface area contributed by atoms with E-state index in [1.165, 1.54) is 12.1 Å². The van der Waals surface area contributed by atoms with Crippen LogP contribution in [0.25, 0.3) is 0 Å². The minimum Gasteiger partial charge on any atom is -0.314 e. The molecule has 0 saturated carbocycles. The van der Waals surface area contributed by atoms with E-state index < -0.39 is 0 Å². The maximum Gasteiger partial charge on any atom is 0.0521 e. The van der Waals surface area contributed by atoms with Crippen LogP contribution in [-0.4, -0.2) is 16.8 Å². The maximum absolute atomic E-state index is 4.28. The maximum atomic E-state index is 4.28. The van der Waals surface area contributed by atoms with Crippen molar-refractivity contribution in [1.29, 1.82) is 0 Å². The molecule has 0 aliphatic rings. The second-order valence-corrected chi connectivity index (χ2v) is 3.76. The molecule has 1 rings (SSSR count). The quantitative estimate of drug-likeness (QED) is 0.748. The molecule has 0 radical (unpaired) electrons. The number of nitrogens with zero attached hydrogens (tertiary/aromatic N) is 2. The van der Waals surface area contributed by atoms with Crippen molar-refractivity contribution in [2.75, 3.05) is 7.05 Å². The lowest BCUT2D eigenvalue weighted by molar-refractivity contribution is 0.472. The molecule has 0 aliphatic heterocycles. The minimum atomic E-state index is 0.742. The van der Waals surface area contributed by atoms with Gasteiger partial charge in [0.2, 0.25) is 0 Å². The van der Waals surface area contributed by atoms with Gasteiger partial charge < -0.3 is 5.32 Å². The van der Waals surface area contributed by atoms with Crippen LogP contribution in [0.3, 0.4) is 0 Å². The zero-order chi connectivity index (χ0) is 9.68. The Morgan fingerprint density at radius 3 is 2.92 bits per heavy atom. The molecule has 0 aliphatic carbocycles. The number of aromatic nitrogens is 2. The average molecular weight is 181 g/mol. The highest BCUT2D eigenvalue weighted by atomic mass is 15.3. The summed E-state index contributed by atoms with van der Waals surface area (Å²) in [6.45, 7) is 6.41. The first-order valence-electron chi connectivity index (χ1n) is 4.89. The zero-order valence-corrected chi connectivity index (χ0v) is 8.75. The Morgan fingerprint density at radius 2 is 2.31 bits per heavy atom. The molecule has 1 aromatic rings. The van der Waals surface area contributed by atoms with E-state index in [1.807, 2.05) is 13.2 Å². The normalized spacial score (nSPS) is 11.1. The van der Waals surface area contributed by atoms with Crippen LogP contribution >= 0.6 is 0 Å². The summed E-state index contributed by atoms with van der Waals surface area (Å²) in [5.41, 5.74) is 1.27. The molecule has 0 fully saturated rings. The summed E-state index contributed by atoms with van der Waals surface area (Å²) in [5, 5.41) is 7.42. The van der Waals surface area contributed by atoms with Crippen molar-refractivity contribution in [2.24, 2.45) is 5.92 Å². The molecular weight excluding hydrogens is 162 g/mol. The summed E-state index contributed by atoms with van der Waals surface area (Å²) in [7, 11) is 1.96. The van der Waals surface area contributed by atoms with Crippen molar-refractivity contribution in [3.63, 3.8) is 0 Å². The first kappa shape index (κ1) is 10.3. The van der Waals surface area contributed by atoms with Crippen molar-refractivity contribution in [1.82, 2.24) is 15.1 Å². The van der Waals surface area contributed by atoms with Gasteiger partial charge in [-0.25, -0.2) is 0 Å². The fourth-order valence-electron chi connectivity index (χ4n) is 1.27. The van der Waals surface area contributed by atoms with Crippen LogP contribution < -0.4 is 5.32 Å². The molecule has 1 N–H and O–H groups in total. The fraction of sp³-hybridized carbons (Fsp3) is 0.700. The van der Waals surface area contributed by atoms with Crippen LogP contribution in [-0.2, 0) is 13.1 Å². The smallest absolute Gasteiger partial charge is 0.0521 e. The second kappa shape index (κ2) is 5.02. The van der Waals surface area contributed by atoms with Crippen LogP contribution in [0.2, 0.25) is 0 Å². The molecule has 0 unspecified atom stereocenters. The summed E-state index contributed by atoms with van der Waals surface area (Å²) in [5.74, 6) is 0.742. The molecule has 13 heavy (non-hydrogen) atoms. The van der Waals surface area contributed by atoms with E-state index >= 15 is 0 Å². The van der Waals surface area contributed by atoms with Gasteiger partial charge in [0.1, 0.15) is 0 Å². The lowest BCUT2D eigenvalue weighted by Crippen LogP contribution is -2.13. The third kappa shape index (κ3) is 3.19. The lowest BCUT2D eigenvalue weighted by Gasteiger charge is -2.08. The predicted octanol–water partition coefficient (Wildman–Crippen LogP) is 1.65. The zero-order valence-electron chi connectivity index (χ0n) is 8.75. The van der Waals surface area contributed by atoms with Crippen LogP contribution in [0.5, 0.6) is 0 Å². The standard InChI is InChI=1S/C10H19N3/c1-9(2)5-7-13-10(8-11-3)4-6-12-13/h4,6,9,11H,5,7-8H2,1-3H3. The van der Waals surface area contributed by atoms with Gasteiger partial charge in [-0.1, -0.05) is 13.8 Å². The van der Waals surface area contributed by atoms with E-state index in [4.69, 9.17) is 0 Å². The predicted molar refractivity (Wildman–Crippen MR) is 54.4 cm³/mol. The molecular formula is C10H19N3. The van der Waals surface area contributed by atoms with E-state index in [-0.39, 0.29) is 0 Å². The van der Waals surface area contributed by atoms with Crippen molar-refractivity contribution in [3.05, 3.63) is 18.0 Å². The summed E-state index contributed by atoms with van der Waals surface area (Å²) in [6, 6.07) is 2.07. The number of hydrogen-bond acceptors (Lipinski definition) is 2. The largest absolute Gasteiger partial charge is 0.314 e. The summed E-state index contributed by atoms with van der Waals surface area (Å²) in [6.07, 6.45) is 3.06. The van der Waals surface area contributed by atoms with Crippen LogP contribution in [0, 0.1) is 5.92 Å². The Hall–Kier alpha value is -0.830. The molecule has 0 aromatic carbocycles. The fourth-order valence-corrected chi connectivity index (χ4v) is 1.27. The molecule has 1 heterocycles. The van der Waals surface area contributed by atoms with Gasteiger partial charge in [0, 0.05) is 19.3 Å². The van der Waals surface area contributed by atoms with E-state index in [1.54, 1.807) is 0 Å². The molecule has 0 atom stereocenters.